The molecule has 1 aromatic carbocycles. The molecule has 0 saturated carbocycles. The average molecular weight is 189 g/mol. The lowest BCUT2D eigenvalue weighted by Gasteiger charge is -2.09. The van der Waals surface area contributed by atoms with Gasteiger partial charge >= 0.3 is 0 Å². The van der Waals surface area contributed by atoms with E-state index in [0.29, 0.717) is 12.2 Å². The van der Waals surface area contributed by atoms with Gasteiger partial charge in [-0.1, -0.05) is 17.7 Å². The maximum absolute atomic E-state index is 9.76. The van der Waals surface area contributed by atoms with Crippen LogP contribution in [-0.4, -0.2) is 5.11 Å². The van der Waals surface area contributed by atoms with E-state index in [-0.39, 0.29) is 5.92 Å². The Morgan fingerprint density at radius 2 is 2.07 bits per heavy atom. The van der Waals surface area contributed by atoms with Gasteiger partial charge in [0.15, 0.2) is 0 Å². The fourth-order valence-corrected chi connectivity index (χ4v) is 1.58. The topological polar surface area (TPSA) is 44.0 Å². The van der Waals surface area contributed by atoms with E-state index in [4.69, 9.17) is 5.26 Å². The number of aromatic hydroxyl groups is 1. The fourth-order valence-electron chi connectivity index (χ4n) is 1.58. The van der Waals surface area contributed by atoms with E-state index in [0.717, 1.165) is 16.7 Å². The smallest absolute Gasteiger partial charge is 0.121 e. The zero-order valence-electron chi connectivity index (χ0n) is 8.83. The van der Waals surface area contributed by atoms with Gasteiger partial charge < -0.3 is 5.11 Å². The first kappa shape index (κ1) is 10.6. The zero-order valence-corrected chi connectivity index (χ0v) is 8.83. The Kier molecular flexibility index (Phi) is 3.14. The van der Waals surface area contributed by atoms with Crippen molar-refractivity contribution in [2.75, 3.05) is 0 Å². The van der Waals surface area contributed by atoms with Crippen molar-refractivity contribution >= 4 is 0 Å². The van der Waals surface area contributed by atoms with Crippen molar-refractivity contribution in [3.63, 3.8) is 0 Å². The molecule has 0 radical (unpaired) electrons. The molecular formula is C12H15NO. The first-order valence-corrected chi connectivity index (χ1v) is 4.73. The van der Waals surface area contributed by atoms with Crippen molar-refractivity contribution in [3.05, 3.63) is 28.8 Å². The summed E-state index contributed by atoms with van der Waals surface area (Å²) in [5.74, 6) is 0.278. The number of aryl methyl sites for hydroxylation is 2. The molecule has 0 fully saturated rings. The van der Waals surface area contributed by atoms with Gasteiger partial charge in [-0.2, -0.15) is 5.26 Å². The highest BCUT2D eigenvalue weighted by molar-refractivity contribution is 5.43. The summed E-state index contributed by atoms with van der Waals surface area (Å²) in [6.45, 7) is 5.73. The first-order chi connectivity index (χ1) is 6.54. The van der Waals surface area contributed by atoms with Gasteiger partial charge in [0.2, 0.25) is 0 Å². The number of nitrogens with zero attached hydrogens (tertiary/aromatic N) is 1. The van der Waals surface area contributed by atoms with Gasteiger partial charge in [0.1, 0.15) is 5.75 Å². The lowest BCUT2D eigenvalue weighted by atomic mass is 9.97. The van der Waals surface area contributed by atoms with Crippen LogP contribution in [0.2, 0.25) is 0 Å². The summed E-state index contributed by atoms with van der Waals surface area (Å²) in [7, 11) is 0. The minimum atomic E-state index is -0.0536. The Bertz CT molecular complexity index is 377. The molecule has 1 aromatic rings. The zero-order chi connectivity index (χ0) is 10.7. The molecule has 0 heterocycles. The van der Waals surface area contributed by atoms with Crippen LogP contribution in [0.25, 0.3) is 0 Å². The number of benzene rings is 1. The molecule has 0 spiro atoms. The summed E-state index contributed by atoms with van der Waals surface area (Å²) in [5, 5.41) is 18.5. The van der Waals surface area contributed by atoms with Crippen molar-refractivity contribution in [1.82, 2.24) is 0 Å². The van der Waals surface area contributed by atoms with E-state index in [1.807, 2.05) is 32.9 Å². The number of rotatable bonds is 2. The summed E-state index contributed by atoms with van der Waals surface area (Å²) < 4.78 is 0. The van der Waals surface area contributed by atoms with E-state index in [1.165, 1.54) is 0 Å². The molecule has 0 aliphatic heterocycles. The van der Waals surface area contributed by atoms with Crippen molar-refractivity contribution in [3.8, 4) is 11.8 Å². The van der Waals surface area contributed by atoms with Crippen molar-refractivity contribution < 1.29 is 5.11 Å². The summed E-state index contributed by atoms with van der Waals surface area (Å²) in [4.78, 5) is 0. The number of hydrogen-bond acceptors (Lipinski definition) is 2. The largest absolute Gasteiger partial charge is 0.507 e. The van der Waals surface area contributed by atoms with Crippen LogP contribution in [0.15, 0.2) is 12.1 Å². The maximum atomic E-state index is 9.76. The third-order valence-electron chi connectivity index (χ3n) is 2.27. The quantitative estimate of drug-likeness (QED) is 0.777. The van der Waals surface area contributed by atoms with Crippen molar-refractivity contribution in [2.24, 2.45) is 5.92 Å². The van der Waals surface area contributed by atoms with Crippen LogP contribution < -0.4 is 0 Å². The lowest BCUT2D eigenvalue weighted by molar-refractivity contribution is 0.460. The summed E-state index contributed by atoms with van der Waals surface area (Å²) in [5.41, 5.74) is 2.88. The molecule has 1 rings (SSSR count). The molecule has 0 aliphatic carbocycles. The number of hydrogen-bond donors (Lipinski definition) is 1. The third kappa shape index (κ3) is 2.26. The van der Waals surface area contributed by atoms with Crippen LogP contribution in [0.3, 0.4) is 0 Å². The second-order valence-electron chi connectivity index (χ2n) is 3.82. The first-order valence-electron chi connectivity index (χ1n) is 4.73. The molecule has 0 amide bonds. The standard InChI is InChI=1S/C12H15NO/c1-8-4-10(3)12(14)11(5-8)6-9(2)7-13/h4-5,9,14H,6H2,1-3H3. The SMILES string of the molecule is Cc1cc(C)c(O)c(CC(C)C#N)c1. The molecule has 1 atom stereocenters. The molecular weight excluding hydrogens is 174 g/mol. The minimum absolute atomic E-state index is 0.0536. The molecule has 1 N–H and O–H groups in total. The van der Waals surface area contributed by atoms with E-state index in [2.05, 4.69) is 6.07 Å². The van der Waals surface area contributed by atoms with Gasteiger partial charge in [-0.3, -0.25) is 0 Å². The predicted molar refractivity (Wildman–Crippen MR) is 56.1 cm³/mol. The second kappa shape index (κ2) is 4.15. The van der Waals surface area contributed by atoms with Gasteiger partial charge in [-0.05, 0) is 38.3 Å². The van der Waals surface area contributed by atoms with E-state index < -0.39 is 0 Å². The molecule has 14 heavy (non-hydrogen) atoms. The minimum Gasteiger partial charge on any atom is -0.507 e. The normalized spacial score (nSPS) is 12.1. The van der Waals surface area contributed by atoms with Gasteiger partial charge in [0.05, 0.1) is 6.07 Å². The third-order valence-corrected chi connectivity index (χ3v) is 2.27. The van der Waals surface area contributed by atoms with Crippen molar-refractivity contribution in [1.29, 1.82) is 5.26 Å². The van der Waals surface area contributed by atoms with Gasteiger partial charge in [-0.25, -0.2) is 0 Å². The molecule has 2 heteroatoms. The van der Waals surface area contributed by atoms with Crippen molar-refractivity contribution in [2.45, 2.75) is 27.2 Å². The number of nitriles is 1. The summed E-state index contributed by atoms with van der Waals surface area (Å²) in [6, 6.07) is 6.05. The molecule has 2 nitrogen and oxygen atoms in total. The monoisotopic (exact) mass is 189 g/mol. The predicted octanol–water partition coefficient (Wildman–Crippen LogP) is 2.71. The van der Waals surface area contributed by atoms with E-state index in [1.54, 1.807) is 0 Å². The van der Waals surface area contributed by atoms with Crippen LogP contribution in [0.1, 0.15) is 23.6 Å². The lowest BCUT2D eigenvalue weighted by Crippen LogP contribution is -1.98. The van der Waals surface area contributed by atoms with Crippen LogP contribution in [-0.2, 0) is 6.42 Å². The molecule has 0 aliphatic rings. The van der Waals surface area contributed by atoms with Gasteiger partial charge in [-0.15, -0.1) is 0 Å². The van der Waals surface area contributed by atoms with Crippen LogP contribution in [0, 0.1) is 31.1 Å². The highest BCUT2D eigenvalue weighted by atomic mass is 16.3. The Balaban J connectivity index is 3.03. The Morgan fingerprint density at radius 3 is 2.64 bits per heavy atom. The fraction of sp³-hybridized carbons (Fsp3) is 0.417. The Labute approximate surface area is 84.8 Å². The highest BCUT2D eigenvalue weighted by Gasteiger charge is 2.09. The Hall–Kier alpha value is -1.49. The van der Waals surface area contributed by atoms with E-state index >= 15 is 0 Å². The highest BCUT2D eigenvalue weighted by Crippen LogP contribution is 2.25. The van der Waals surface area contributed by atoms with Gasteiger partial charge in [0.25, 0.3) is 0 Å². The molecule has 0 bridgehead atoms. The van der Waals surface area contributed by atoms with E-state index in [9.17, 15) is 5.11 Å². The summed E-state index contributed by atoms with van der Waals surface area (Å²) >= 11 is 0. The van der Waals surface area contributed by atoms with Crippen LogP contribution in [0.4, 0.5) is 0 Å². The average Bonchev–Trinajstić information content (AvgIpc) is 2.13. The molecule has 1 unspecified atom stereocenters. The van der Waals surface area contributed by atoms with Crippen LogP contribution in [0.5, 0.6) is 5.75 Å². The molecule has 74 valence electrons. The number of phenols is 1. The molecule has 0 saturated heterocycles. The molecule has 0 aromatic heterocycles. The summed E-state index contributed by atoms with van der Waals surface area (Å²) in [6.07, 6.45) is 0.616. The Morgan fingerprint density at radius 1 is 1.43 bits per heavy atom. The van der Waals surface area contributed by atoms with Gasteiger partial charge in [0, 0.05) is 5.92 Å². The maximum Gasteiger partial charge on any atom is 0.121 e. The van der Waals surface area contributed by atoms with Crippen LogP contribution >= 0.6 is 0 Å². The number of phenolic OH excluding ortho intramolecular Hbond substituents is 1. The second-order valence-corrected chi connectivity index (χ2v) is 3.82.